The van der Waals surface area contributed by atoms with E-state index in [-0.39, 0.29) is 6.61 Å². The van der Waals surface area contributed by atoms with Gasteiger partial charge < -0.3 is 15.3 Å². The highest BCUT2D eigenvalue weighted by Gasteiger charge is 2.06. The van der Waals surface area contributed by atoms with Gasteiger partial charge in [0.1, 0.15) is 6.10 Å². The second-order valence-electron chi connectivity index (χ2n) is 3.04. The van der Waals surface area contributed by atoms with Gasteiger partial charge in [-0.1, -0.05) is 24.3 Å². The van der Waals surface area contributed by atoms with Crippen LogP contribution in [0.3, 0.4) is 0 Å². The van der Waals surface area contributed by atoms with Gasteiger partial charge in [-0.2, -0.15) is 0 Å². The Balaban J connectivity index is 2.81. The van der Waals surface area contributed by atoms with Crippen molar-refractivity contribution >= 4 is 0 Å². The fourth-order valence-electron chi connectivity index (χ4n) is 1.10. The first kappa shape index (κ1) is 10.2. The van der Waals surface area contributed by atoms with Crippen molar-refractivity contribution in [2.75, 3.05) is 6.61 Å². The number of aliphatic hydroxyl groups excluding tert-OH is 3. The van der Waals surface area contributed by atoms with Crippen LogP contribution in [0.5, 0.6) is 0 Å². The highest BCUT2D eigenvalue weighted by molar-refractivity contribution is 5.25. The van der Waals surface area contributed by atoms with Crippen molar-refractivity contribution < 1.29 is 15.3 Å². The first-order chi connectivity index (χ1) is 6.15. The fraction of sp³-hybridized carbons (Fsp3) is 0.400. The molecule has 0 saturated carbocycles. The smallest absolute Gasteiger partial charge is 0.102 e. The van der Waals surface area contributed by atoms with E-state index in [1.54, 1.807) is 31.2 Å². The molecular formula is C10H14O3. The molecule has 0 fully saturated rings. The third-order valence-corrected chi connectivity index (χ3v) is 1.98. The molecule has 0 amide bonds. The Morgan fingerprint density at radius 1 is 1.08 bits per heavy atom. The molecule has 2 atom stereocenters. The zero-order valence-corrected chi connectivity index (χ0v) is 7.51. The quantitative estimate of drug-likeness (QED) is 0.647. The van der Waals surface area contributed by atoms with E-state index in [2.05, 4.69) is 0 Å². The van der Waals surface area contributed by atoms with Gasteiger partial charge >= 0.3 is 0 Å². The summed E-state index contributed by atoms with van der Waals surface area (Å²) in [5.41, 5.74) is 1.46. The molecule has 0 spiro atoms. The Hall–Kier alpha value is -0.900. The maximum absolute atomic E-state index is 9.25. The minimum absolute atomic E-state index is 0.284. The van der Waals surface area contributed by atoms with Gasteiger partial charge in [0.15, 0.2) is 0 Å². The molecule has 1 rings (SSSR count). The predicted molar refractivity (Wildman–Crippen MR) is 49.1 cm³/mol. The summed E-state index contributed by atoms with van der Waals surface area (Å²) in [4.78, 5) is 0. The van der Waals surface area contributed by atoms with E-state index in [9.17, 15) is 10.2 Å². The van der Waals surface area contributed by atoms with Gasteiger partial charge in [0.05, 0.1) is 12.7 Å². The molecule has 0 bridgehead atoms. The lowest BCUT2D eigenvalue weighted by molar-refractivity contribution is 0.0955. The lowest BCUT2D eigenvalue weighted by Crippen LogP contribution is -2.02. The van der Waals surface area contributed by atoms with Gasteiger partial charge in [-0.15, -0.1) is 0 Å². The van der Waals surface area contributed by atoms with Crippen LogP contribution in [0.4, 0.5) is 0 Å². The Morgan fingerprint density at radius 2 is 1.54 bits per heavy atom. The van der Waals surface area contributed by atoms with E-state index in [4.69, 9.17) is 5.11 Å². The average molecular weight is 182 g/mol. The summed E-state index contributed by atoms with van der Waals surface area (Å²) in [7, 11) is 0. The van der Waals surface area contributed by atoms with Crippen LogP contribution in [0, 0.1) is 0 Å². The zero-order chi connectivity index (χ0) is 9.84. The summed E-state index contributed by atoms with van der Waals surface area (Å²) < 4.78 is 0. The molecule has 0 heterocycles. The van der Waals surface area contributed by atoms with Crippen molar-refractivity contribution in [1.29, 1.82) is 0 Å². The van der Waals surface area contributed by atoms with E-state index in [0.29, 0.717) is 5.56 Å². The predicted octanol–water partition coefficient (Wildman–Crippen LogP) is 0.766. The lowest BCUT2D eigenvalue weighted by Gasteiger charge is -2.09. The first-order valence-electron chi connectivity index (χ1n) is 4.22. The molecule has 0 aliphatic carbocycles. The molecule has 0 aliphatic rings. The Morgan fingerprint density at radius 3 is 1.92 bits per heavy atom. The second-order valence-corrected chi connectivity index (χ2v) is 3.04. The molecule has 0 aromatic heterocycles. The third-order valence-electron chi connectivity index (χ3n) is 1.98. The molecule has 1 aromatic rings. The van der Waals surface area contributed by atoms with Crippen molar-refractivity contribution in [2.45, 2.75) is 19.1 Å². The molecule has 72 valence electrons. The summed E-state index contributed by atoms with van der Waals surface area (Å²) in [6, 6.07) is 6.86. The molecule has 3 heteroatoms. The Kier molecular flexibility index (Phi) is 3.42. The highest BCUT2D eigenvalue weighted by Crippen LogP contribution is 2.16. The number of benzene rings is 1. The van der Waals surface area contributed by atoms with Crippen molar-refractivity contribution in [3.63, 3.8) is 0 Å². The highest BCUT2D eigenvalue weighted by atomic mass is 16.3. The Bertz CT molecular complexity index is 253. The summed E-state index contributed by atoms with van der Waals surface area (Å²) >= 11 is 0. The summed E-state index contributed by atoms with van der Waals surface area (Å²) in [5, 5.41) is 27.1. The molecule has 3 N–H and O–H groups in total. The van der Waals surface area contributed by atoms with Crippen LogP contribution in [0.15, 0.2) is 24.3 Å². The van der Waals surface area contributed by atoms with E-state index in [1.807, 2.05) is 0 Å². The standard InChI is InChI=1S/C10H14O3/c1-7(12)8-2-4-9(5-3-8)10(13)6-11/h2-5,7,10-13H,6H2,1H3. The Labute approximate surface area is 77.3 Å². The summed E-state index contributed by atoms with van der Waals surface area (Å²) in [5.74, 6) is 0. The fourth-order valence-corrected chi connectivity index (χ4v) is 1.10. The lowest BCUT2D eigenvalue weighted by atomic mass is 10.1. The number of aliphatic hydroxyl groups is 3. The molecular weight excluding hydrogens is 168 g/mol. The van der Waals surface area contributed by atoms with E-state index >= 15 is 0 Å². The third kappa shape index (κ3) is 2.52. The van der Waals surface area contributed by atoms with Crippen LogP contribution in [0.2, 0.25) is 0 Å². The molecule has 0 saturated heterocycles. The maximum Gasteiger partial charge on any atom is 0.102 e. The van der Waals surface area contributed by atoms with Gasteiger partial charge in [-0.3, -0.25) is 0 Å². The molecule has 0 aliphatic heterocycles. The van der Waals surface area contributed by atoms with Crippen LogP contribution in [-0.2, 0) is 0 Å². The van der Waals surface area contributed by atoms with Crippen LogP contribution >= 0.6 is 0 Å². The molecule has 1 aromatic carbocycles. The maximum atomic E-state index is 9.25. The molecule has 13 heavy (non-hydrogen) atoms. The summed E-state index contributed by atoms with van der Waals surface area (Å²) in [6.07, 6.45) is -1.33. The first-order valence-corrected chi connectivity index (χ1v) is 4.22. The van der Waals surface area contributed by atoms with E-state index in [0.717, 1.165) is 5.56 Å². The van der Waals surface area contributed by atoms with Crippen molar-refractivity contribution in [3.8, 4) is 0 Å². The van der Waals surface area contributed by atoms with Gasteiger partial charge in [0, 0.05) is 0 Å². The van der Waals surface area contributed by atoms with E-state index < -0.39 is 12.2 Å². The minimum atomic E-state index is -0.831. The molecule has 2 unspecified atom stereocenters. The zero-order valence-electron chi connectivity index (χ0n) is 7.51. The van der Waals surface area contributed by atoms with Crippen LogP contribution in [-0.4, -0.2) is 21.9 Å². The number of hydrogen-bond acceptors (Lipinski definition) is 3. The average Bonchev–Trinajstić information content (AvgIpc) is 2.17. The van der Waals surface area contributed by atoms with Crippen molar-refractivity contribution in [1.82, 2.24) is 0 Å². The SMILES string of the molecule is CC(O)c1ccc(C(O)CO)cc1. The van der Waals surface area contributed by atoms with Gasteiger partial charge in [-0.25, -0.2) is 0 Å². The topological polar surface area (TPSA) is 60.7 Å². The van der Waals surface area contributed by atoms with Gasteiger partial charge in [0.25, 0.3) is 0 Å². The van der Waals surface area contributed by atoms with Crippen LogP contribution in [0.25, 0.3) is 0 Å². The second kappa shape index (κ2) is 4.37. The van der Waals surface area contributed by atoms with Crippen LogP contribution < -0.4 is 0 Å². The minimum Gasteiger partial charge on any atom is -0.393 e. The van der Waals surface area contributed by atoms with Gasteiger partial charge in [0.2, 0.25) is 0 Å². The number of hydrogen-bond donors (Lipinski definition) is 3. The van der Waals surface area contributed by atoms with Crippen LogP contribution in [0.1, 0.15) is 30.3 Å². The largest absolute Gasteiger partial charge is 0.393 e. The van der Waals surface area contributed by atoms with Crippen molar-refractivity contribution in [3.05, 3.63) is 35.4 Å². The van der Waals surface area contributed by atoms with Crippen molar-refractivity contribution in [2.24, 2.45) is 0 Å². The van der Waals surface area contributed by atoms with Gasteiger partial charge in [-0.05, 0) is 18.1 Å². The molecule has 3 nitrogen and oxygen atoms in total. The monoisotopic (exact) mass is 182 g/mol. The number of rotatable bonds is 3. The molecule has 0 radical (unpaired) electrons. The normalized spacial score (nSPS) is 15.4. The van der Waals surface area contributed by atoms with E-state index in [1.165, 1.54) is 0 Å². The summed E-state index contributed by atoms with van der Waals surface area (Å²) in [6.45, 7) is 1.39.